The molecule has 0 unspecified atom stereocenters. The Bertz CT molecular complexity index is 1150. The molecule has 36 heavy (non-hydrogen) atoms. The zero-order chi connectivity index (χ0) is 25.5. The monoisotopic (exact) mass is 517 g/mol. The molecule has 2 N–H and O–H groups in total. The summed E-state index contributed by atoms with van der Waals surface area (Å²) in [6, 6.07) is 10.5. The van der Waals surface area contributed by atoms with Crippen LogP contribution in [0.15, 0.2) is 42.5 Å². The van der Waals surface area contributed by atoms with Gasteiger partial charge in [-0.15, -0.1) is 0 Å². The number of nitrogens with zero attached hydrogens (tertiary/aromatic N) is 1. The van der Waals surface area contributed by atoms with Crippen LogP contribution < -0.4 is 25.0 Å². The van der Waals surface area contributed by atoms with Crippen LogP contribution in [0.2, 0.25) is 0 Å². The maximum Gasteiger partial charge on any atom is 0.240 e. The molecule has 0 bridgehead atoms. The van der Waals surface area contributed by atoms with Crippen molar-refractivity contribution in [2.45, 2.75) is 38.1 Å². The van der Waals surface area contributed by atoms with Gasteiger partial charge in [-0.05, 0) is 37.1 Å². The van der Waals surface area contributed by atoms with Crippen LogP contribution in [0, 0.1) is 5.82 Å². The van der Waals surface area contributed by atoms with Crippen molar-refractivity contribution in [3.8, 4) is 11.5 Å². The van der Waals surface area contributed by atoms with Gasteiger partial charge < -0.3 is 20.1 Å². The number of carbonyl (C=O) groups excluding carboxylic acids is 3. The van der Waals surface area contributed by atoms with Gasteiger partial charge in [-0.25, -0.2) is 4.39 Å². The third-order valence-electron chi connectivity index (χ3n) is 5.95. The van der Waals surface area contributed by atoms with Crippen LogP contribution >= 0.6 is 0 Å². The van der Waals surface area contributed by atoms with Crippen LogP contribution in [0.4, 0.5) is 15.8 Å². The summed E-state index contributed by atoms with van der Waals surface area (Å²) in [5, 5.41) is 5.52. The van der Waals surface area contributed by atoms with E-state index >= 15 is 0 Å². The van der Waals surface area contributed by atoms with Crippen LogP contribution in [0.25, 0.3) is 0 Å². The van der Waals surface area contributed by atoms with Crippen molar-refractivity contribution in [2.24, 2.45) is 0 Å². The lowest BCUT2D eigenvalue weighted by molar-refractivity contribution is -0.123. The molecule has 0 spiro atoms. The second kappa shape index (κ2) is 12.0. The third-order valence-corrected chi connectivity index (χ3v) is 7.10. The van der Waals surface area contributed by atoms with Crippen LogP contribution in [-0.4, -0.2) is 52.8 Å². The van der Waals surface area contributed by atoms with E-state index in [2.05, 4.69) is 10.6 Å². The fraction of sp³-hybridized carbons (Fsp3) is 0.400. The van der Waals surface area contributed by atoms with Gasteiger partial charge in [-0.3, -0.25) is 23.5 Å². The van der Waals surface area contributed by atoms with Gasteiger partial charge in [0.25, 0.3) is 0 Å². The largest absolute Gasteiger partial charge is 0.454 e. The number of halogens is 1. The number of benzene rings is 2. The Morgan fingerprint density at radius 3 is 2.50 bits per heavy atom. The van der Waals surface area contributed by atoms with E-state index in [1.165, 1.54) is 18.2 Å². The molecule has 1 aliphatic carbocycles. The van der Waals surface area contributed by atoms with Gasteiger partial charge in [-0.1, -0.05) is 31.4 Å². The highest BCUT2D eigenvalue weighted by atomic mass is 32.2. The van der Waals surface area contributed by atoms with Gasteiger partial charge in [0.15, 0.2) is 11.5 Å². The first-order chi connectivity index (χ1) is 17.4. The first kappa shape index (κ1) is 25.6. The number of para-hydroxylation sites is 1. The molecule has 2 aromatic rings. The first-order valence-electron chi connectivity index (χ1n) is 11.8. The molecule has 2 aromatic carbocycles. The summed E-state index contributed by atoms with van der Waals surface area (Å²) >= 11 is 0. The SMILES string of the molecule is O=C(C[S@](=O)CC(=O)N(CC(=O)NC1CCCCC1)c1ccccc1F)Nc1ccc2c(c1)OCO2. The second-order valence-electron chi connectivity index (χ2n) is 8.68. The van der Waals surface area contributed by atoms with Crippen LogP contribution in [0.3, 0.4) is 0 Å². The van der Waals surface area contributed by atoms with Crippen molar-refractivity contribution in [2.75, 3.05) is 35.1 Å². The lowest BCUT2D eigenvalue weighted by atomic mass is 9.95. The Labute approximate surface area is 210 Å². The maximum atomic E-state index is 14.5. The molecule has 1 atom stereocenters. The molecule has 1 fully saturated rings. The van der Waals surface area contributed by atoms with E-state index in [4.69, 9.17) is 9.47 Å². The van der Waals surface area contributed by atoms with Gasteiger partial charge in [0.2, 0.25) is 24.5 Å². The predicted molar refractivity (Wildman–Crippen MR) is 133 cm³/mol. The number of nitrogens with one attached hydrogen (secondary N) is 2. The molecule has 2 aliphatic rings. The van der Waals surface area contributed by atoms with Crippen molar-refractivity contribution in [3.05, 3.63) is 48.3 Å². The summed E-state index contributed by atoms with van der Waals surface area (Å²) in [4.78, 5) is 39.1. The van der Waals surface area contributed by atoms with Crippen molar-refractivity contribution in [1.82, 2.24) is 5.32 Å². The minimum Gasteiger partial charge on any atom is -0.454 e. The normalized spacial score (nSPS) is 15.7. The average molecular weight is 518 g/mol. The Hall–Kier alpha value is -3.47. The topological polar surface area (TPSA) is 114 Å². The van der Waals surface area contributed by atoms with Gasteiger partial charge in [0, 0.05) is 28.6 Å². The van der Waals surface area contributed by atoms with E-state index in [-0.39, 0.29) is 18.5 Å². The van der Waals surface area contributed by atoms with E-state index in [1.54, 1.807) is 24.3 Å². The number of fused-ring (bicyclic) bond motifs is 1. The Morgan fingerprint density at radius 2 is 1.72 bits per heavy atom. The zero-order valence-electron chi connectivity index (χ0n) is 19.7. The van der Waals surface area contributed by atoms with E-state index in [0.717, 1.165) is 37.0 Å². The quantitative estimate of drug-likeness (QED) is 0.529. The van der Waals surface area contributed by atoms with Crippen molar-refractivity contribution < 1.29 is 32.5 Å². The average Bonchev–Trinajstić information content (AvgIpc) is 3.31. The van der Waals surface area contributed by atoms with Gasteiger partial charge >= 0.3 is 0 Å². The van der Waals surface area contributed by atoms with Gasteiger partial charge in [0.05, 0.1) is 5.69 Å². The van der Waals surface area contributed by atoms with Crippen molar-refractivity contribution >= 4 is 39.9 Å². The molecule has 1 saturated carbocycles. The smallest absolute Gasteiger partial charge is 0.240 e. The lowest BCUT2D eigenvalue weighted by Crippen LogP contribution is -2.46. The third kappa shape index (κ3) is 6.81. The summed E-state index contributed by atoms with van der Waals surface area (Å²) in [7, 11) is -1.89. The fourth-order valence-corrected chi connectivity index (χ4v) is 5.12. The molecule has 1 heterocycles. The highest BCUT2D eigenvalue weighted by Gasteiger charge is 2.26. The number of ether oxygens (including phenoxy) is 2. The van der Waals surface area contributed by atoms with Gasteiger partial charge in [-0.2, -0.15) is 0 Å². The number of anilines is 2. The van der Waals surface area contributed by atoms with E-state index < -0.39 is 52.4 Å². The minimum absolute atomic E-state index is 0.0258. The first-order valence-corrected chi connectivity index (χ1v) is 13.3. The van der Waals surface area contributed by atoms with Crippen LogP contribution in [0.1, 0.15) is 32.1 Å². The number of hydrogen-bond donors (Lipinski definition) is 2. The highest BCUT2D eigenvalue weighted by molar-refractivity contribution is 7.86. The van der Waals surface area contributed by atoms with E-state index in [9.17, 15) is 23.0 Å². The molecular formula is C25H28FN3O6S. The molecule has 4 rings (SSSR count). The van der Waals surface area contributed by atoms with Crippen molar-refractivity contribution in [1.29, 1.82) is 0 Å². The molecule has 11 heteroatoms. The number of rotatable bonds is 9. The molecule has 192 valence electrons. The highest BCUT2D eigenvalue weighted by Crippen LogP contribution is 2.34. The minimum atomic E-state index is -1.89. The summed E-state index contributed by atoms with van der Waals surface area (Å²) in [6.07, 6.45) is 4.90. The molecule has 0 radical (unpaired) electrons. The lowest BCUT2D eigenvalue weighted by Gasteiger charge is -2.26. The Kier molecular flexibility index (Phi) is 8.52. The summed E-state index contributed by atoms with van der Waals surface area (Å²) in [6.45, 7) is -0.313. The summed E-state index contributed by atoms with van der Waals surface area (Å²) in [5.41, 5.74) is 0.350. The Morgan fingerprint density at radius 1 is 0.972 bits per heavy atom. The van der Waals surface area contributed by atoms with E-state index in [0.29, 0.717) is 17.2 Å². The van der Waals surface area contributed by atoms with E-state index in [1.807, 2.05) is 0 Å². The van der Waals surface area contributed by atoms with Crippen LogP contribution in [0.5, 0.6) is 11.5 Å². The number of hydrogen-bond acceptors (Lipinski definition) is 6. The molecule has 9 nitrogen and oxygen atoms in total. The molecule has 0 aromatic heterocycles. The van der Waals surface area contributed by atoms with Crippen molar-refractivity contribution in [3.63, 3.8) is 0 Å². The predicted octanol–water partition coefficient (Wildman–Crippen LogP) is 2.72. The summed E-state index contributed by atoms with van der Waals surface area (Å²) in [5.74, 6) is -2.31. The number of amides is 3. The number of carbonyl (C=O) groups is 3. The van der Waals surface area contributed by atoms with Gasteiger partial charge in [0.1, 0.15) is 23.9 Å². The second-order valence-corrected chi connectivity index (χ2v) is 10.1. The maximum absolute atomic E-state index is 14.5. The molecule has 3 amide bonds. The Balaban J connectivity index is 1.36. The molecule has 1 aliphatic heterocycles. The molecule has 0 saturated heterocycles. The zero-order valence-corrected chi connectivity index (χ0v) is 20.5. The summed E-state index contributed by atoms with van der Waals surface area (Å²) < 4.78 is 37.6. The van der Waals surface area contributed by atoms with Crippen LogP contribution in [-0.2, 0) is 25.2 Å². The standard InChI is InChI=1S/C25H28FN3O6S/c26-19-8-4-5-9-20(19)29(13-23(30)27-17-6-2-1-3-7-17)25(32)15-36(33)14-24(31)28-18-10-11-21-22(12-18)35-16-34-21/h4-5,8-12,17H,1-3,6-7,13-16H2,(H,27,30)(H,28,31)/t36-/m0/s1. The fourth-order valence-electron chi connectivity index (χ4n) is 4.23. The molecular weight excluding hydrogens is 489 g/mol.